The number of H-pyrrole nitrogens is 1. The number of carboxylic acids is 1. The van der Waals surface area contributed by atoms with Crippen LogP contribution in [0.15, 0.2) is 28.7 Å². The van der Waals surface area contributed by atoms with Crippen LogP contribution in [0.4, 0.5) is 0 Å². The highest BCUT2D eigenvalue weighted by Gasteiger charge is 2.16. The van der Waals surface area contributed by atoms with E-state index in [9.17, 15) is 4.79 Å². The highest BCUT2D eigenvalue weighted by atomic mass is 79.9. The lowest BCUT2D eigenvalue weighted by Gasteiger charge is -1.99. The highest BCUT2D eigenvalue weighted by Crippen LogP contribution is 2.24. The summed E-state index contributed by atoms with van der Waals surface area (Å²) in [5, 5.41) is 9.03. The van der Waals surface area contributed by atoms with E-state index in [4.69, 9.17) is 5.11 Å². The fourth-order valence-corrected chi connectivity index (χ4v) is 1.89. The van der Waals surface area contributed by atoms with E-state index < -0.39 is 5.97 Å². The molecule has 1 aromatic carbocycles. The summed E-state index contributed by atoms with van der Waals surface area (Å²) in [5.74, 6) is -0.414. The van der Waals surface area contributed by atoms with Crippen molar-refractivity contribution in [1.29, 1.82) is 0 Å². The van der Waals surface area contributed by atoms with Crippen molar-refractivity contribution in [3.05, 3.63) is 40.3 Å². The highest BCUT2D eigenvalue weighted by molar-refractivity contribution is 9.10. The van der Waals surface area contributed by atoms with Gasteiger partial charge in [0.25, 0.3) is 0 Å². The van der Waals surface area contributed by atoms with Gasteiger partial charge in [-0.05, 0) is 19.1 Å². The van der Waals surface area contributed by atoms with Crippen molar-refractivity contribution in [2.24, 2.45) is 0 Å². The lowest BCUT2D eigenvalue weighted by Crippen LogP contribution is -1.99. The number of aromatic amines is 1. The average molecular weight is 281 g/mol. The molecule has 0 aliphatic rings. The van der Waals surface area contributed by atoms with Crippen LogP contribution in [0.5, 0.6) is 0 Å². The molecule has 1 heterocycles. The Hall–Kier alpha value is -1.62. The second-order valence-corrected chi connectivity index (χ2v) is 4.28. The molecule has 2 aromatic rings. The van der Waals surface area contributed by atoms with Gasteiger partial charge in [0.2, 0.25) is 0 Å². The van der Waals surface area contributed by atoms with Gasteiger partial charge in [-0.3, -0.25) is 0 Å². The Labute approximate surface area is 100 Å². The Bertz CT molecular complexity index is 549. The fourth-order valence-electron chi connectivity index (χ4n) is 1.49. The molecule has 2 N–H and O–H groups in total. The monoisotopic (exact) mass is 280 g/mol. The van der Waals surface area contributed by atoms with Crippen LogP contribution in [0, 0.1) is 6.92 Å². The lowest BCUT2D eigenvalue weighted by atomic mass is 10.1. The van der Waals surface area contributed by atoms with Gasteiger partial charge in [0.1, 0.15) is 11.5 Å². The van der Waals surface area contributed by atoms with E-state index in [-0.39, 0.29) is 5.69 Å². The molecule has 82 valence electrons. The van der Waals surface area contributed by atoms with Crippen molar-refractivity contribution < 1.29 is 9.90 Å². The summed E-state index contributed by atoms with van der Waals surface area (Å²) in [6.45, 7) is 1.73. The topological polar surface area (TPSA) is 66.0 Å². The molecular weight excluding hydrogens is 272 g/mol. The van der Waals surface area contributed by atoms with Crippen molar-refractivity contribution >= 4 is 21.9 Å². The minimum atomic E-state index is -1.00. The zero-order valence-corrected chi connectivity index (χ0v) is 10.1. The number of hydrogen-bond acceptors (Lipinski definition) is 2. The molecule has 5 heteroatoms. The predicted octanol–water partition coefficient (Wildman–Crippen LogP) is 2.85. The first-order valence-electron chi connectivity index (χ1n) is 4.64. The molecule has 16 heavy (non-hydrogen) atoms. The number of nitrogens with zero attached hydrogens (tertiary/aromatic N) is 1. The van der Waals surface area contributed by atoms with Crippen molar-refractivity contribution in [2.45, 2.75) is 6.92 Å². The van der Waals surface area contributed by atoms with Crippen LogP contribution in [0.3, 0.4) is 0 Å². The first-order chi connectivity index (χ1) is 7.58. The number of aryl methyl sites for hydroxylation is 1. The second kappa shape index (κ2) is 4.09. The van der Waals surface area contributed by atoms with Crippen LogP contribution in [-0.2, 0) is 0 Å². The molecule has 0 amide bonds. The quantitative estimate of drug-likeness (QED) is 0.889. The van der Waals surface area contributed by atoms with Crippen LogP contribution in [0.25, 0.3) is 11.3 Å². The summed E-state index contributed by atoms with van der Waals surface area (Å²) in [6.07, 6.45) is 0. The van der Waals surface area contributed by atoms with Gasteiger partial charge in [-0.15, -0.1) is 0 Å². The SMILES string of the molecule is Cc1nc(-c2cccc(Br)c2)c(C(=O)O)[nH]1. The third-order valence-corrected chi connectivity index (χ3v) is 2.63. The van der Waals surface area contributed by atoms with E-state index >= 15 is 0 Å². The number of aromatic nitrogens is 2. The van der Waals surface area contributed by atoms with Crippen molar-refractivity contribution in [1.82, 2.24) is 9.97 Å². The first kappa shape index (κ1) is 10.9. The van der Waals surface area contributed by atoms with E-state index in [1.54, 1.807) is 6.92 Å². The maximum absolute atomic E-state index is 11.0. The molecule has 0 aliphatic carbocycles. The number of benzene rings is 1. The molecule has 0 bridgehead atoms. The van der Waals surface area contributed by atoms with Gasteiger partial charge in [-0.2, -0.15) is 0 Å². The average Bonchev–Trinajstić information content (AvgIpc) is 2.60. The van der Waals surface area contributed by atoms with E-state index in [1.807, 2.05) is 24.3 Å². The number of halogens is 1. The fraction of sp³-hybridized carbons (Fsp3) is 0.0909. The lowest BCUT2D eigenvalue weighted by molar-refractivity contribution is 0.0692. The second-order valence-electron chi connectivity index (χ2n) is 3.36. The third kappa shape index (κ3) is 1.99. The van der Waals surface area contributed by atoms with Crippen LogP contribution >= 0.6 is 15.9 Å². The molecule has 0 aliphatic heterocycles. The van der Waals surface area contributed by atoms with Crippen LogP contribution in [0.2, 0.25) is 0 Å². The van der Waals surface area contributed by atoms with E-state index in [0.29, 0.717) is 11.5 Å². The van der Waals surface area contributed by atoms with Gasteiger partial charge in [-0.25, -0.2) is 9.78 Å². The Morgan fingerprint density at radius 2 is 2.25 bits per heavy atom. The minimum Gasteiger partial charge on any atom is -0.477 e. The Morgan fingerprint density at radius 1 is 1.50 bits per heavy atom. The van der Waals surface area contributed by atoms with Gasteiger partial charge >= 0.3 is 5.97 Å². The van der Waals surface area contributed by atoms with Crippen LogP contribution in [-0.4, -0.2) is 21.0 Å². The van der Waals surface area contributed by atoms with Crippen molar-refractivity contribution in [3.8, 4) is 11.3 Å². The predicted molar refractivity (Wildman–Crippen MR) is 63.4 cm³/mol. The summed E-state index contributed by atoms with van der Waals surface area (Å²) >= 11 is 3.34. The molecule has 0 atom stereocenters. The standard InChI is InChI=1S/C11H9BrN2O2/c1-6-13-9(10(14-6)11(15)16)7-3-2-4-8(12)5-7/h2-5H,1H3,(H,13,14)(H,15,16). The normalized spacial score (nSPS) is 10.4. The van der Waals surface area contributed by atoms with Crippen molar-refractivity contribution in [2.75, 3.05) is 0 Å². The Balaban J connectivity index is 2.59. The summed E-state index contributed by atoms with van der Waals surface area (Å²) in [4.78, 5) is 17.9. The molecule has 0 fully saturated rings. The largest absolute Gasteiger partial charge is 0.477 e. The molecule has 4 nitrogen and oxygen atoms in total. The van der Waals surface area contributed by atoms with Gasteiger partial charge in [0.15, 0.2) is 5.69 Å². The molecule has 0 radical (unpaired) electrons. The number of carboxylic acid groups (broad SMARTS) is 1. The summed E-state index contributed by atoms with van der Waals surface area (Å²) in [6, 6.07) is 7.38. The molecule has 1 aromatic heterocycles. The smallest absolute Gasteiger partial charge is 0.354 e. The molecule has 0 saturated carbocycles. The van der Waals surface area contributed by atoms with Gasteiger partial charge in [-0.1, -0.05) is 28.1 Å². The first-order valence-corrected chi connectivity index (χ1v) is 5.43. The van der Waals surface area contributed by atoms with Crippen LogP contribution < -0.4 is 0 Å². The number of carbonyl (C=O) groups is 1. The van der Waals surface area contributed by atoms with E-state index in [2.05, 4.69) is 25.9 Å². The van der Waals surface area contributed by atoms with Crippen LogP contribution in [0.1, 0.15) is 16.3 Å². The zero-order valence-electron chi connectivity index (χ0n) is 8.49. The van der Waals surface area contributed by atoms with Crippen molar-refractivity contribution in [3.63, 3.8) is 0 Å². The Morgan fingerprint density at radius 3 is 2.88 bits per heavy atom. The number of nitrogens with one attached hydrogen (secondary N) is 1. The Kier molecular flexibility index (Phi) is 2.78. The van der Waals surface area contributed by atoms with E-state index in [1.165, 1.54) is 0 Å². The molecular formula is C11H9BrN2O2. The number of hydrogen-bond donors (Lipinski definition) is 2. The molecule has 0 spiro atoms. The molecule has 2 rings (SSSR count). The molecule has 0 unspecified atom stereocenters. The number of imidazole rings is 1. The summed E-state index contributed by atoms with van der Waals surface area (Å²) in [7, 11) is 0. The summed E-state index contributed by atoms with van der Waals surface area (Å²) < 4.78 is 0.891. The van der Waals surface area contributed by atoms with Gasteiger partial charge in [0, 0.05) is 10.0 Å². The maximum Gasteiger partial charge on any atom is 0.354 e. The van der Waals surface area contributed by atoms with Gasteiger partial charge in [0.05, 0.1) is 0 Å². The third-order valence-electron chi connectivity index (χ3n) is 2.13. The van der Waals surface area contributed by atoms with Gasteiger partial charge < -0.3 is 10.1 Å². The minimum absolute atomic E-state index is 0.121. The van der Waals surface area contributed by atoms with E-state index in [0.717, 1.165) is 10.0 Å². The maximum atomic E-state index is 11.0. The number of aromatic carboxylic acids is 1. The summed E-state index contributed by atoms with van der Waals surface area (Å²) in [5.41, 5.74) is 1.36. The number of rotatable bonds is 2. The molecule has 0 saturated heterocycles. The zero-order chi connectivity index (χ0) is 11.7.